The van der Waals surface area contributed by atoms with Crippen LogP contribution in [0.4, 0.5) is 5.00 Å². The molecule has 0 saturated carbocycles. The Morgan fingerprint density at radius 2 is 1.95 bits per heavy atom. The highest BCUT2D eigenvalue weighted by Crippen LogP contribution is 2.30. The van der Waals surface area contributed by atoms with Gasteiger partial charge in [0.15, 0.2) is 0 Å². The molecule has 0 aliphatic rings. The van der Waals surface area contributed by atoms with Crippen molar-refractivity contribution in [3.63, 3.8) is 0 Å². The topological polar surface area (TPSA) is 70.5 Å². The van der Waals surface area contributed by atoms with E-state index in [4.69, 9.17) is 0 Å². The number of carboxylic acid groups (broad SMARTS) is 1. The number of aromatic carboxylic acids is 1. The fraction of sp³-hybridized carbons (Fsp3) is 0.667. The number of rotatable bonds is 5. The van der Waals surface area contributed by atoms with E-state index in [9.17, 15) is 14.7 Å². The number of nitrogens with zero attached hydrogens (tertiary/aromatic N) is 2. The van der Waals surface area contributed by atoms with Crippen LogP contribution in [-0.4, -0.2) is 28.4 Å². The average molecular weight is 312 g/mol. The van der Waals surface area contributed by atoms with Crippen LogP contribution in [0, 0.1) is 18.3 Å². The number of hydrogen-bond acceptors (Lipinski definition) is 4. The van der Waals surface area contributed by atoms with Crippen LogP contribution in [0.25, 0.3) is 0 Å². The third-order valence-corrected chi connectivity index (χ3v) is 4.24. The third-order valence-electron chi connectivity index (χ3n) is 3.22. The van der Waals surface area contributed by atoms with Crippen LogP contribution < -0.4 is 4.90 Å². The van der Waals surface area contributed by atoms with Crippen molar-refractivity contribution in [2.45, 2.75) is 47.5 Å². The molecule has 0 aromatic carbocycles. The van der Waals surface area contributed by atoms with Crippen molar-refractivity contribution in [3.05, 3.63) is 11.3 Å². The molecule has 1 atom stereocenters. The maximum atomic E-state index is 12.3. The highest BCUT2D eigenvalue weighted by molar-refractivity contribution is 7.11. The zero-order chi connectivity index (χ0) is 16.4. The maximum absolute atomic E-state index is 12.3. The smallest absolute Gasteiger partial charge is 0.340 e. The Morgan fingerprint density at radius 1 is 1.38 bits per heavy atom. The summed E-state index contributed by atoms with van der Waals surface area (Å²) < 4.78 is 4.05. The lowest BCUT2D eigenvalue weighted by Gasteiger charge is -2.24. The minimum Gasteiger partial charge on any atom is -0.478 e. The van der Waals surface area contributed by atoms with Gasteiger partial charge < -0.3 is 10.0 Å². The number of amides is 1. The standard InChI is InChI=1S/C15H24N2O3S/c1-9(8-15(3,4)5)7-11(18)17(6)13-12(14(19)20)10(2)16-21-13/h9H,7-8H2,1-6H3,(H,19,20). The lowest BCUT2D eigenvalue weighted by atomic mass is 9.84. The fourth-order valence-corrected chi connectivity index (χ4v) is 3.36. The van der Waals surface area contributed by atoms with Gasteiger partial charge in [-0.05, 0) is 36.2 Å². The van der Waals surface area contributed by atoms with Gasteiger partial charge >= 0.3 is 5.97 Å². The zero-order valence-corrected chi connectivity index (χ0v) is 14.4. The van der Waals surface area contributed by atoms with Crippen LogP contribution in [0.1, 0.15) is 56.6 Å². The van der Waals surface area contributed by atoms with Crippen LogP contribution in [0.15, 0.2) is 0 Å². The summed E-state index contributed by atoms with van der Waals surface area (Å²) in [7, 11) is 1.62. The number of anilines is 1. The fourth-order valence-electron chi connectivity index (χ4n) is 2.50. The summed E-state index contributed by atoms with van der Waals surface area (Å²) in [4.78, 5) is 25.0. The first-order valence-electron chi connectivity index (χ1n) is 6.99. The van der Waals surface area contributed by atoms with Gasteiger partial charge in [0.1, 0.15) is 10.6 Å². The highest BCUT2D eigenvalue weighted by atomic mass is 32.1. The number of carbonyl (C=O) groups excluding carboxylic acids is 1. The summed E-state index contributed by atoms with van der Waals surface area (Å²) in [5.74, 6) is -0.862. The van der Waals surface area contributed by atoms with Gasteiger partial charge in [0.25, 0.3) is 0 Å². The Morgan fingerprint density at radius 3 is 2.43 bits per heavy atom. The van der Waals surface area contributed by atoms with Crippen LogP contribution in [0.2, 0.25) is 0 Å². The molecule has 5 nitrogen and oxygen atoms in total. The molecule has 0 aliphatic carbocycles. The molecule has 0 spiro atoms. The minimum atomic E-state index is -1.04. The number of hydrogen-bond donors (Lipinski definition) is 1. The number of aromatic nitrogens is 1. The van der Waals surface area contributed by atoms with E-state index in [2.05, 4.69) is 25.1 Å². The normalized spacial score (nSPS) is 13.0. The molecule has 6 heteroatoms. The minimum absolute atomic E-state index is 0.0714. The predicted molar refractivity (Wildman–Crippen MR) is 85.1 cm³/mol. The van der Waals surface area contributed by atoms with E-state index in [0.29, 0.717) is 17.1 Å². The first-order valence-corrected chi connectivity index (χ1v) is 7.76. The van der Waals surface area contributed by atoms with E-state index < -0.39 is 5.97 Å². The van der Waals surface area contributed by atoms with Crippen molar-refractivity contribution in [2.24, 2.45) is 11.3 Å². The monoisotopic (exact) mass is 312 g/mol. The molecule has 0 saturated heterocycles. The van der Waals surface area contributed by atoms with Gasteiger partial charge in [-0.1, -0.05) is 27.7 Å². The van der Waals surface area contributed by atoms with E-state index in [0.717, 1.165) is 18.0 Å². The Labute approximate surface area is 130 Å². The quantitative estimate of drug-likeness (QED) is 0.902. The van der Waals surface area contributed by atoms with E-state index >= 15 is 0 Å². The Balaban J connectivity index is 2.82. The second-order valence-electron chi connectivity index (χ2n) is 6.78. The molecule has 1 heterocycles. The molecule has 1 aromatic rings. The second kappa shape index (κ2) is 6.56. The molecule has 1 N–H and O–H groups in total. The highest BCUT2D eigenvalue weighted by Gasteiger charge is 2.25. The molecule has 0 fully saturated rings. The van der Waals surface area contributed by atoms with Crippen LogP contribution in [0.3, 0.4) is 0 Å². The van der Waals surface area contributed by atoms with E-state index in [-0.39, 0.29) is 22.8 Å². The largest absolute Gasteiger partial charge is 0.478 e. The van der Waals surface area contributed by atoms with Crippen molar-refractivity contribution in [1.82, 2.24) is 4.37 Å². The molecule has 1 amide bonds. The number of carbonyl (C=O) groups is 2. The second-order valence-corrected chi connectivity index (χ2v) is 7.53. The molecule has 1 rings (SSSR count). The van der Waals surface area contributed by atoms with Gasteiger partial charge in [0.2, 0.25) is 5.91 Å². The first kappa shape index (κ1) is 17.6. The van der Waals surface area contributed by atoms with E-state index in [1.54, 1.807) is 14.0 Å². The summed E-state index contributed by atoms with van der Waals surface area (Å²) in [5.41, 5.74) is 0.746. The summed E-state index contributed by atoms with van der Waals surface area (Å²) in [6.07, 6.45) is 1.35. The Kier molecular flexibility index (Phi) is 5.50. The lowest BCUT2D eigenvalue weighted by molar-refractivity contribution is -0.119. The molecule has 21 heavy (non-hydrogen) atoms. The first-order chi connectivity index (χ1) is 9.53. The molecule has 0 aliphatic heterocycles. The maximum Gasteiger partial charge on any atom is 0.340 e. The van der Waals surface area contributed by atoms with Crippen molar-refractivity contribution in [2.75, 3.05) is 11.9 Å². The predicted octanol–water partition coefficient (Wildman–Crippen LogP) is 3.57. The summed E-state index contributed by atoms with van der Waals surface area (Å²) >= 11 is 1.06. The van der Waals surface area contributed by atoms with Crippen LogP contribution in [0.5, 0.6) is 0 Å². The SMILES string of the molecule is Cc1nsc(N(C)C(=O)CC(C)CC(C)(C)C)c1C(=O)O. The molecule has 118 valence electrons. The van der Waals surface area contributed by atoms with Crippen molar-refractivity contribution < 1.29 is 14.7 Å². The molecule has 1 aromatic heterocycles. The average Bonchev–Trinajstić information content (AvgIpc) is 2.67. The lowest BCUT2D eigenvalue weighted by Crippen LogP contribution is -2.29. The summed E-state index contributed by atoms with van der Waals surface area (Å²) in [5, 5.41) is 9.64. The summed E-state index contributed by atoms with van der Waals surface area (Å²) in [6, 6.07) is 0. The molecule has 0 bridgehead atoms. The van der Waals surface area contributed by atoms with Crippen LogP contribution in [-0.2, 0) is 4.79 Å². The molecule has 0 radical (unpaired) electrons. The van der Waals surface area contributed by atoms with Gasteiger partial charge in [-0.2, -0.15) is 4.37 Å². The van der Waals surface area contributed by atoms with Gasteiger partial charge in [-0.3, -0.25) is 4.79 Å². The number of aryl methyl sites for hydroxylation is 1. The summed E-state index contributed by atoms with van der Waals surface area (Å²) in [6.45, 7) is 10.1. The molecular formula is C15H24N2O3S. The molecular weight excluding hydrogens is 288 g/mol. The Hall–Kier alpha value is -1.43. The molecule has 1 unspecified atom stereocenters. The van der Waals surface area contributed by atoms with Gasteiger partial charge in [0.05, 0.1) is 5.69 Å². The van der Waals surface area contributed by atoms with Gasteiger partial charge in [-0.15, -0.1) is 0 Å². The van der Waals surface area contributed by atoms with Crippen molar-refractivity contribution in [1.29, 1.82) is 0 Å². The third kappa shape index (κ3) is 4.81. The van der Waals surface area contributed by atoms with Gasteiger partial charge in [0, 0.05) is 13.5 Å². The van der Waals surface area contributed by atoms with E-state index in [1.807, 2.05) is 6.92 Å². The zero-order valence-electron chi connectivity index (χ0n) is 13.6. The Bertz CT molecular complexity index is 532. The van der Waals surface area contributed by atoms with E-state index in [1.165, 1.54) is 4.90 Å². The van der Waals surface area contributed by atoms with Crippen LogP contribution >= 0.6 is 11.5 Å². The van der Waals surface area contributed by atoms with Crippen molar-refractivity contribution >= 4 is 28.4 Å². The number of carboxylic acids is 1. The van der Waals surface area contributed by atoms with Gasteiger partial charge in [-0.25, -0.2) is 4.79 Å². The van der Waals surface area contributed by atoms with Crippen molar-refractivity contribution in [3.8, 4) is 0 Å².